The molecule has 3 fully saturated rings. The van der Waals surface area contributed by atoms with Gasteiger partial charge in [0.15, 0.2) is 0 Å². The zero-order chi connectivity index (χ0) is 18.9. The molecule has 2 heterocycles. The van der Waals surface area contributed by atoms with Gasteiger partial charge in [-0.15, -0.1) is 0 Å². The zero-order valence-electron chi connectivity index (χ0n) is 15.7. The third-order valence-electron chi connectivity index (χ3n) is 6.27. The van der Waals surface area contributed by atoms with E-state index in [0.717, 1.165) is 25.4 Å². The second-order valence-corrected chi connectivity index (χ2v) is 9.83. The quantitative estimate of drug-likeness (QED) is 0.792. The molecule has 1 aromatic carbocycles. The largest absolute Gasteiger partial charge is 0.379 e. The lowest BCUT2D eigenvalue weighted by molar-refractivity contribution is 0.0520. The summed E-state index contributed by atoms with van der Waals surface area (Å²) in [6.45, 7) is 3.12. The fraction of sp³-hybridized carbons (Fsp3) is 0.650. The van der Waals surface area contributed by atoms with E-state index < -0.39 is 10.0 Å². The number of nitrogens with zero attached hydrogens (tertiary/aromatic N) is 2. The number of carbonyl (C=O) groups is 1. The molecule has 0 spiro atoms. The van der Waals surface area contributed by atoms with Crippen LogP contribution >= 0.6 is 0 Å². The Morgan fingerprint density at radius 3 is 2.52 bits per heavy atom. The van der Waals surface area contributed by atoms with Gasteiger partial charge < -0.3 is 9.64 Å². The lowest BCUT2D eigenvalue weighted by atomic mass is 9.75. The van der Waals surface area contributed by atoms with Crippen molar-refractivity contribution in [1.29, 1.82) is 0 Å². The predicted octanol–water partition coefficient (Wildman–Crippen LogP) is 2.36. The number of piperidine rings is 1. The Balaban J connectivity index is 1.51. The highest BCUT2D eigenvalue weighted by Gasteiger charge is 2.34. The average molecular weight is 393 g/mol. The third-order valence-corrected chi connectivity index (χ3v) is 8.16. The molecule has 1 aliphatic carbocycles. The van der Waals surface area contributed by atoms with Gasteiger partial charge in [-0.2, -0.15) is 4.31 Å². The third kappa shape index (κ3) is 3.91. The van der Waals surface area contributed by atoms with Crippen LogP contribution in [0.2, 0.25) is 0 Å². The molecule has 0 unspecified atom stereocenters. The summed E-state index contributed by atoms with van der Waals surface area (Å²) < 4.78 is 32.4. The summed E-state index contributed by atoms with van der Waals surface area (Å²) in [5, 5.41) is 0. The van der Waals surface area contributed by atoms with Crippen molar-refractivity contribution in [3.63, 3.8) is 0 Å². The number of ether oxygens (including phenoxy) is 1. The van der Waals surface area contributed by atoms with E-state index in [-0.39, 0.29) is 10.8 Å². The van der Waals surface area contributed by atoms with Crippen molar-refractivity contribution in [2.24, 2.45) is 11.8 Å². The number of hydrogen-bond donors (Lipinski definition) is 0. The number of rotatable bonds is 3. The first-order chi connectivity index (χ1) is 13.1. The van der Waals surface area contributed by atoms with Crippen LogP contribution in [-0.2, 0) is 14.8 Å². The van der Waals surface area contributed by atoms with Crippen LogP contribution in [-0.4, -0.2) is 62.9 Å². The zero-order valence-corrected chi connectivity index (χ0v) is 16.5. The van der Waals surface area contributed by atoms with Crippen molar-refractivity contribution < 1.29 is 17.9 Å². The summed E-state index contributed by atoms with van der Waals surface area (Å²) in [5.74, 6) is 1.32. The number of morpholine rings is 1. The van der Waals surface area contributed by atoms with Crippen LogP contribution in [0.4, 0.5) is 0 Å². The number of fused-ring (bicyclic) bond motifs is 1. The van der Waals surface area contributed by atoms with Gasteiger partial charge in [-0.25, -0.2) is 8.42 Å². The van der Waals surface area contributed by atoms with Crippen LogP contribution in [0.5, 0.6) is 0 Å². The number of carbonyl (C=O) groups excluding carboxylic acids is 1. The smallest absolute Gasteiger partial charge is 0.253 e. The number of likely N-dealkylation sites (tertiary alicyclic amines) is 1. The molecule has 27 heavy (non-hydrogen) atoms. The standard InChI is InChI=1S/C20H28N2O4S/c23-20(21-9-8-16-4-1-2-5-18(16)15-21)17-6-3-7-19(14-17)27(24,25)22-10-12-26-13-11-22/h3,6-7,14,16,18H,1-2,4-5,8-13,15H2/t16-,18+/m0/s1. The van der Waals surface area contributed by atoms with Gasteiger partial charge in [-0.1, -0.05) is 25.3 Å². The maximum absolute atomic E-state index is 13.0. The van der Waals surface area contributed by atoms with Crippen molar-refractivity contribution in [3.8, 4) is 0 Å². The van der Waals surface area contributed by atoms with Gasteiger partial charge in [0.1, 0.15) is 0 Å². The highest BCUT2D eigenvalue weighted by Crippen LogP contribution is 2.36. The van der Waals surface area contributed by atoms with Gasteiger partial charge in [0.2, 0.25) is 10.0 Å². The number of benzene rings is 1. The fourth-order valence-corrected chi connectivity index (χ4v) is 6.15. The topological polar surface area (TPSA) is 66.9 Å². The van der Waals surface area contributed by atoms with E-state index in [1.165, 1.54) is 30.0 Å². The Labute approximate surface area is 161 Å². The minimum absolute atomic E-state index is 0.0435. The van der Waals surface area contributed by atoms with Gasteiger partial charge in [0.05, 0.1) is 18.1 Å². The van der Waals surface area contributed by atoms with Crippen LogP contribution in [0.3, 0.4) is 0 Å². The van der Waals surface area contributed by atoms with Crippen LogP contribution < -0.4 is 0 Å². The van der Waals surface area contributed by atoms with Crippen molar-refractivity contribution in [2.45, 2.75) is 37.0 Å². The summed E-state index contributed by atoms with van der Waals surface area (Å²) >= 11 is 0. The summed E-state index contributed by atoms with van der Waals surface area (Å²) in [5.41, 5.74) is 0.471. The normalized spacial score (nSPS) is 27.2. The van der Waals surface area contributed by atoms with Crippen molar-refractivity contribution in [3.05, 3.63) is 29.8 Å². The van der Waals surface area contributed by atoms with E-state index in [1.54, 1.807) is 24.3 Å². The minimum atomic E-state index is -3.59. The lowest BCUT2D eigenvalue weighted by Crippen LogP contribution is -2.44. The van der Waals surface area contributed by atoms with E-state index >= 15 is 0 Å². The molecule has 7 heteroatoms. The molecule has 2 atom stereocenters. The summed E-state index contributed by atoms with van der Waals surface area (Å²) in [6, 6.07) is 6.52. The molecule has 0 aromatic heterocycles. The molecule has 1 aromatic rings. The van der Waals surface area contributed by atoms with Crippen molar-refractivity contribution in [1.82, 2.24) is 9.21 Å². The molecule has 4 rings (SSSR count). The van der Waals surface area contributed by atoms with Gasteiger partial charge in [-0.3, -0.25) is 4.79 Å². The minimum Gasteiger partial charge on any atom is -0.379 e. The lowest BCUT2D eigenvalue weighted by Gasteiger charge is -2.41. The Bertz CT molecular complexity index is 789. The monoisotopic (exact) mass is 392 g/mol. The van der Waals surface area contributed by atoms with Gasteiger partial charge in [0.25, 0.3) is 5.91 Å². The molecule has 1 amide bonds. The average Bonchev–Trinajstić information content (AvgIpc) is 2.73. The predicted molar refractivity (Wildman–Crippen MR) is 102 cm³/mol. The highest BCUT2D eigenvalue weighted by atomic mass is 32.2. The molecular weight excluding hydrogens is 364 g/mol. The maximum Gasteiger partial charge on any atom is 0.253 e. The molecule has 3 aliphatic rings. The Kier molecular flexibility index (Phi) is 5.53. The van der Waals surface area contributed by atoms with E-state index in [9.17, 15) is 13.2 Å². The first-order valence-electron chi connectivity index (χ1n) is 10.0. The van der Waals surface area contributed by atoms with Crippen LogP contribution in [0.15, 0.2) is 29.2 Å². The van der Waals surface area contributed by atoms with E-state index in [2.05, 4.69) is 0 Å². The molecular formula is C20H28N2O4S. The van der Waals surface area contributed by atoms with Crippen molar-refractivity contribution in [2.75, 3.05) is 39.4 Å². The van der Waals surface area contributed by atoms with Crippen LogP contribution in [0, 0.1) is 11.8 Å². The molecule has 6 nitrogen and oxygen atoms in total. The Morgan fingerprint density at radius 1 is 1.00 bits per heavy atom. The summed E-state index contributed by atoms with van der Waals surface area (Å²) in [6.07, 6.45) is 6.15. The molecule has 2 aliphatic heterocycles. The molecule has 1 saturated carbocycles. The number of hydrogen-bond acceptors (Lipinski definition) is 4. The first-order valence-corrected chi connectivity index (χ1v) is 11.5. The van der Waals surface area contributed by atoms with E-state index in [0.29, 0.717) is 37.8 Å². The van der Waals surface area contributed by atoms with E-state index in [4.69, 9.17) is 4.74 Å². The van der Waals surface area contributed by atoms with Crippen molar-refractivity contribution >= 4 is 15.9 Å². The Morgan fingerprint density at radius 2 is 1.74 bits per heavy atom. The highest BCUT2D eigenvalue weighted by molar-refractivity contribution is 7.89. The number of sulfonamides is 1. The van der Waals surface area contributed by atoms with Gasteiger partial charge >= 0.3 is 0 Å². The molecule has 2 saturated heterocycles. The fourth-order valence-electron chi connectivity index (χ4n) is 4.69. The second kappa shape index (κ2) is 7.89. The first kappa shape index (κ1) is 18.9. The molecule has 0 N–H and O–H groups in total. The van der Waals surface area contributed by atoms with E-state index in [1.807, 2.05) is 4.90 Å². The van der Waals surface area contributed by atoms with Crippen LogP contribution in [0.25, 0.3) is 0 Å². The molecule has 0 radical (unpaired) electrons. The molecule has 148 valence electrons. The summed E-state index contributed by atoms with van der Waals surface area (Å²) in [7, 11) is -3.59. The SMILES string of the molecule is O=C(c1cccc(S(=O)(=O)N2CCOCC2)c1)N1CC[C@@H]2CCCC[C@@H]2C1. The Hall–Kier alpha value is -1.44. The summed E-state index contributed by atoms with van der Waals surface area (Å²) in [4.78, 5) is 15.1. The van der Waals surface area contributed by atoms with Gasteiger partial charge in [-0.05, 0) is 42.9 Å². The number of amides is 1. The second-order valence-electron chi connectivity index (χ2n) is 7.89. The van der Waals surface area contributed by atoms with Gasteiger partial charge in [0, 0.05) is 31.7 Å². The molecule has 0 bridgehead atoms. The maximum atomic E-state index is 13.0. The van der Waals surface area contributed by atoms with Crippen LogP contribution in [0.1, 0.15) is 42.5 Å².